The number of methoxy groups -OCH3 is 2. The molecule has 0 saturated heterocycles. The Hall–Kier alpha value is -2.23. The lowest BCUT2D eigenvalue weighted by Gasteiger charge is -2.16. The van der Waals surface area contributed by atoms with E-state index in [0.29, 0.717) is 5.75 Å². The van der Waals surface area contributed by atoms with E-state index < -0.39 is 5.60 Å². The predicted octanol–water partition coefficient (Wildman–Crippen LogP) is 2.59. The SMILES string of the molecule is COc1ccc(/C=C/C2(C)C=CC(=O)O2)c(OC)c1. The minimum atomic E-state index is -0.692. The van der Waals surface area contributed by atoms with Crippen LogP contribution in [0.2, 0.25) is 0 Å². The van der Waals surface area contributed by atoms with Gasteiger partial charge in [-0.1, -0.05) is 6.08 Å². The van der Waals surface area contributed by atoms with Gasteiger partial charge in [-0.15, -0.1) is 0 Å². The van der Waals surface area contributed by atoms with Gasteiger partial charge in [-0.05, 0) is 31.2 Å². The highest BCUT2D eigenvalue weighted by Crippen LogP contribution is 2.28. The molecule has 0 amide bonds. The zero-order valence-corrected chi connectivity index (χ0v) is 11.2. The number of rotatable bonds is 4. The van der Waals surface area contributed by atoms with Gasteiger partial charge in [0.25, 0.3) is 0 Å². The number of ether oxygens (including phenoxy) is 3. The third-order valence-electron chi connectivity index (χ3n) is 2.91. The average Bonchev–Trinajstić information content (AvgIpc) is 2.76. The summed E-state index contributed by atoms with van der Waals surface area (Å²) in [7, 11) is 3.21. The minimum absolute atomic E-state index is 0.325. The van der Waals surface area contributed by atoms with Gasteiger partial charge in [-0.2, -0.15) is 0 Å². The molecule has 1 heterocycles. The standard InChI is InChI=1S/C15H16O4/c1-15(9-7-14(16)19-15)8-6-11-4-5-12(17-2)10-13(11)18-3/h4-10H,1-3H3/b8-6+. The van der Waals surface area contributed by atoms with Crippen LogP contribution in [0.4, 0.5) is 0 Å². The molecule has 0 radical (unpaired) electrons. The molecule has 0 aliphatic carbocycles. The first-order valence-electron chi connectivity index (χ1n) is 5.90. The first kappa shape index (κ1) is 13.2. The topological polar surface area (TPSA) is 44.8 Å². The molecule has 1 aromatic carbocycles. The Morgan fingerprint density at radius 2 is 2.05 bits per heavy atom. The van der Waals surface area contributed by atoms with Crippen LogP contribution in [-0.4, -0.2) is 25.8 Å². The van der Waals surface area contributed by atoms with Gasteiger partial charge in [-0.3, -0.25) is 0 Å². The Balaban J connectivity index is 2.23. The Bertz CT molecular complexity index is 545. The number of esters is 1. The van der Waals surface area contributed by atoms with Gasteiger partial charge in [0.15, 0.2) is 0 Å². The van der Waals surface area contributed by atoms with Crippen LogP contribution in [0, 0.1) is 0 Å². The van der Waals surface area contributed by atoms with Crippen molar-refractivity contribution in [2.24, 2.45) is 0 Å². The van der Waals surface area contributed by atoms with Gasteiger partial charge in [0.2, 0.25) is 0 Å². The number of hydrogen-bond donors (Lipinski definition) is 0. The van der Waals surface area contributed by atoms with E-state index >= 15 is 0 Å². The van der Waals surface area contributed by atoms with Gasteiger partial charge < -0.3 is 14.2 Å². The fraction of sp³-hybridized carbons (Fsp3) is 0.267. The molecule has 1 aliphatic rings. The zero-order valence-electron chi connectivity index (χ0n) is 11.2. The van der Waals surface area contributed by atoms with Gasteiger partial charge >= 0.3 is 5.97 Å². The third kappa shape index (κ3) is 2.96. The predicted molar refractivity (Wildman–Crippen MR) is 72.2 cm³/mol. The molecule has 100 valence electrons. The van der Waals surface area contributed by atoms with E-state index in [1.165, 1.54) is 6.08 Å². The van der Waals surface area contributed by atoms with Crippen LogP contribution in [-0.2, 0) is 9.53 Å². The van der Waals surface area contributed by atoms with Crippen molar-refractivity contribution >= 4 is 12.0 Å². The fourth-order valence-electron chi connectivity index (χ4n) is 1.82. The van der Waals surface area contributed by atoms with Crippen LogP contribution >= 0.6 is 0 Å². The zero-order chi connectivity index (χ0) is 13.9. The van der Waals surface area contributed by atoms with E-state index in [9.17, 15) is 4.79 Å². The number of carbonyl (C=O) groups is 1. The monoisotopic (exact) mass is 260 g/mol. The summed E-state index contributed by atoms with van der Waals surface area (Å²) in [4.78, 5) is 11.1. The smallest absolute Gasteiger partial charge is 0.331 e. The molecule has 1 unspecified atom stereocenters. The Kier molecular flexibility index (Phi) is 3.60. The minimum Gasteiger partial charge on any atom is -0.497 e. The highest BCUT2D eigenvalue weighted by molar-refractivity contribution is 5.85. The normalized spacial score (nSPS) is 21.7. The molecule has 1 atom stereocenters. The largest absolute Gasteiger partial charge is 0.497 e. The summed E-state index contributed by atoms with van der Waals surface area (Å²) >= 11 is 0. The summed E-state index contributed by atoms with van der Waals surface area (Å²) < 4.78 is 15.6. The second-order valence-electron chi connectivity index (χ2n) is 4.38. The molecule has 4 nitrogen and oxygen atoms in total. The van der Waals surface area contributed by atoms with Crippen molar-refractivity contribution in [2.75, 3.05) is 14.2 Å². The summed E-state index contributed by atoms with van der Waals surface area (Å²) in [5.74, 6) is 1.11. The van der Waals surface area contributed by atoms with Gasteiger partial charge in [0, 0.05) is 17.7 Å². The number of benzene rings is 1. The number of carbonyl (C=O) groups excluding carboxylic acids is 1. The summed E-state index contributed by atoms with van der Waals surface area (Å²) in [5, 5.41) is 0. The van der Waals surface area contributed by atoms with Crippen molar-refractivity contribution in [1.82, 2.24) is 0 Å². The highest BCUT2D eigenvalue weighted by Gasteiger charge is 2.27. The van der Waals surface area contributed by atoms with E-state index in [2.05, 4.69) is 0 Å². The summed E-state index contributed by atoms with van der Waals surface area (Å²) in [6, 6.07) is 5.54. The lowest BCUT2D eigenvalue weighted by atomic mass is 10.0. The Labute approximate surface area is 112 Å². The number of cyclic esters (lactones) is 1. The quantitative estimate of drug-likeness (QED) is 0.780. The molecule has 0 N–H and O–H groups in total. The van der Waals surface area contributed by atoms with E-state index in [4.69, 9.17) is 14.2 Å². The second kappa shape index (κ2) is 5.18. The first-order chi connectivity index (χ1) is 9.06. The lowest BCUT2D eigenvalue weighted by Crippen LogP contribution is -2.20. The fourth-order valence-corrected chi connectivity index (χ4v) is 1.82. The molecule has 0 spiro atoms. The Morgan fingerprint density at radius 3 is 2.63 bits per heavy atom. The summed E-state index contributed by atoms with van der Waals surface area (Å²) in [6.07, 6.45) is 6.83. The van der Waals surface area contributed by atoms with E-state index in [1.807, 2.05) is 31.2 Å². The summed E-state index contributed by atoms with van der Waals surface area (Å²) in [5.41, 5.74) is 0.197. The van der Waals surface area contributed by atoms with Crippen molar-refractivity contribution in [3.63, 3.8) is 0 Å². The second-order valence-corrected chi connectivity index (χ2v) is 4.38. The van der Waals surface area contributed by atoms with E-state index in [0.717, 1.165) is 11.3 Å². The maximum Gasteiger partial charge on any atom is 0.331 e. The van der Waals surface area contributed by atoms with Crippen LogP contribution in [0.1, 0.15) is 12.5 Å². The summed E-state index contributed by atoms with van der Waals surface area (Å²) in [6.45, 7) is 1.82. The molecule has 2 rings (SSSR count). The number of hydrogen-bond acceptors (Lipinski definition) is 4. The first-order valence-corrected chi connectivity index (χ1v) is 5.90. The molecule has 1 aliphatic heterocycles. The van der Waals surface area contributed by atoms with Gasteiger partial charge in [0.05, 0.1) is 14.2 Å². The van der Waals surface area contributed by atoms with Crippen LogP contribution in [0.15, 0.2) is 36.4 Å². The Morgan fingerprint density at radius 1 is 1.26 bits per heavy atom. The molecule has 4 heteroatoms. The molecule has 19 heavy (non-hydrogen) atoms. The van der Waals surface area contributed by atoms with Crippen LogP contribution in [0.3, 0.4) is 0 Å². The molecule has 0 saturated carbocycles. The van der Waals surface area contributed by atoms with E-state index in [1.54, 1.807) is 26.4 Å². The maximum absolute atomic E-state index is 11.1. The molecular weight excluding hydrogens is 244 g/mol. The van der Waals surface area contributed by atoms with Crippen LogP contribution in [0.5, 0.6) is 11.5 Å². The van der Waals surface area contributed by atoms with Crippen molar-refractivity contribution < 1.29 is 19.0 Å². The van der Waals surface area contributed by atoms with Crippen molar-refractivity contribution in [3.05, 3.63) is 42.0 Å². The maximum atomic E-state index is 11.1. The molecule has 0 bridgehead atoms. The molecular formula is C15H16O4. The van der Waals surface area contributed by atoms with Gasteiger partial charge in [0.1, 0.15) is 17.1 Å². The van der Waals surface area contributed by atoms with Gasteiger partial charge in [-0.25, -0.2) is 4.79 Å². The van der Waals surface area contributed by atoms with Crippen LogP contribution in [0.25, 0.3) is 6.08 Å². The van der Waals surface area contributed by atoms with Crippen molar-refractivity contribution in [1.29, 1.82) is 0 Å². The third-order valence-corrected chi connectivity index (χ3v) is 2.91. The molecule has 0 fully saturated rings. The van der Waals surface area contributed by atoms with E-state index in [-0.39, 0.29) is 5.97 Å². The van der Waals surface area contributed by atoms with Crippen LogP contribution < -0.4 is 9.47 Å². The average molecular weight is 260 g/mol. The lowest BCUT2D eigenvalue weighted by molar-refractivity contribution is -0.141. The molecule has 1 aromatic rings. The van der Waals surface area contributed by atoms with Crippen molar-refractivity contribution in [3.8, 4) is 11.5 Å². The van der Waals surface area contributed by atoms with Crippen molar-refractivity contribution in [2.45, 2.75) is 12.5 Å². The molecule has 0 aromatic heterocycles. The highest BCUT2D eigenvalue weighted by atomic mass is 16.6.